The topological polar surface area (TPSA) is 15.3 Å². The Balaban J connectivity index is 2.07. The van der Waals surface area contributed by atoms with Gasteiger partial charge in [-0.25, -0.2) is 0 Å². The molecule has 0 amide bonds. The second-order valence-electron chi connectivity index (χ2n) is 7.56. The van der Waals surface area contributed by atoms with E-state index in [1.165, 1.54) is 11.1 Å². The van der Waals surface area contributed by atoms with Crippen molar-refractivity contribution in [1.29, 1.82) is 0 Å². The maximum absolute atomic E-state index is 4.57. The summed E-state index contributed by atoms with van der Waals surface area (Å²) in [4.78, 5) is 2.22. The second-order valence-corrected chi connectivity index (χ2v) is 8.08. The van der Waals surface area contributed by atoms with Gasteiger partial charge in [0.2, 0.25) is 0 Å². The van der Waals surface area contributed by atoms with Gasteiger partial charge >= 0.3 is 0 Å². The molecular weight excluding hydrogens is 372 g/mol. The Morgan fingerprint density at radius 3 is 2.55 bits per heavy atom. The smallest absolute Gasteiger partial charge is 0.0650 e. The zero-order valence-corrected chi connectivity index (χ0v) is 18.4. The lowest BCUT2D eigenvalue weighted by atomic mass is 9.89. The fraction of sp³-hybridized carbons (Fsp3) is 0.231. The van der Waals surface area contributed by atoms with Crippen LogP contribution in [0.25, 0.3) is 5.57 Å². The highest BCUT2D eigenvalue weighted by Gasteiger charge is 2.31. The molecule has 0 spiro atoms. The third-order valence-electron chi connectivity index (χ3n) is 5.37. The van der Waals surface area contributed by atoms with Gasteiger partial charge in [-0.3, -0.25) is 0 Å². The number of anilines is 2. The van der Waals surface area contributed by atoms with Crippen molar-refractivity contribution < 1.29 is 0 Å². The highest BCUT2D eigenvalue weighted by Crippen LogP contribution is 2.42. The first-order valence-electron chi connectivity index (χ1n) is 10.0. The molecule has 2 aromatic carbocycles. The SMILES string of the molecule is C=C/C(=C\C=C/C)c1ccc2c(c1)C(Nc1ccc(C)cc1)CC(C)N2C(=C)S. The Kier molecular flexibility index (Phi) is 6.71. The molecule has 3 rings (SSSR count). The van der Waals surface area contributed by atoms with E-state index in [1.807, 2.05) is 25.2 Å². The number of hydrogen-bond acceptors (Lipinski definition) is 3. The van der Waals surface area contributed by atoms with E-state index in [0.717, 1.165) is 34.0 Å². The van der Waals surface area contributed by atoms with Gasteiger partial charge in [0.15, 0.2) is 0 Å². The Morgan fingerprint density at radius 1 is 1.21 bits per heavy atom. The highest BCUT2D eigenvalue weighted by atomic mass is 32.1. The molecule has 2 nitrogen and oxygen atoms in total. The molecule has 3 heteroatoms. The van der Waals surface area contributed by atoms with E-state index >= 15 is 0 Å². The number of allylic oxidation sites excluding steroid dienone is 5. The minimum atomic E-state index is 0.208. The lowest BCUT2D eigenvalue weighted by Crippen LogP contribution is -2.38. The number of benzene rings is 2. The summed E-state index contributed by atoms with van der Waals surface area (Å²) < 4.78 is 0. The zero-order valence-electron chi connectivity index (χ0n) is 17.5. The van der Waals surface area contributed by atoms with E-state index in [9.17, 15) is 0 Å². The third-order valence-corrected chi connectivity index (χ3v) is 5.59. The van der Waals surface area contributed by atoms with Crippen LogP contribution in [-0.4, -0.2) is 6.04 Å². The van der Waals surface area contributed by atoms with Crippen LogP contribution in [0.4, 0.5) is 11.4 Å². The number of nitrogens with zero attached hydrogens (tertiary/aromatic N) is 1. The van der Waals surface area contributed by atoms with Crippen LogP contribution in [0.3, 0.4) is 0 Å². The molecule has 29 heavy (non-hydrogen) atoms. The molecule has 0 aliphatic carbocycles. The standard InChI is InChI=1S/C26H30N2S/c1-6-8-9-21(7-2)22-12-15-26-24(17-22)25(16-19(4)28(26)20(5)29)27-23-13-10-18(3)11-14-23/h6-15,17,19,25,27,29H,2,5,16H2,1,3-4H3/b8-6-,21-9+. The van der Waals surface area contributed by atoms with Crippen molar-refractivity contribution in [3.05, 3.63) is 102 Å². The first-order valence-corrected chi connectivity index (χ1v) is 10.5. The summed E-state index contributed by atoms with van der Waals surface area (Å²) in [5.41, 5.74) is 7.08. The van der Waals surface area contributed by atoms with E-state index < -0.39 is 0 Å². The predicted octanol–water partition coefficient (Wildman–Crippen LogP) is 7.29. The lowest BCUT2D eigenvalue weighted by molar-refractivity contribution is 0.550. The molecule has 150 valence electrons. The molecule has 1 heterocycles. The van der Waals surface area contributed by atoms with Gasteiger partial charge < -0.3 is 10.2 Å². The van der Waals surface area contributed by atoms with Gasteiger partial charge in [0.1, 0.15) is 0 Å². The number of hydrogen-bond donors (Lipinski definition) is 2. The number of aryl methyl sites for hydroxylation is 1. The summed E-state index contributed by atoms with van der Waals surface area (Å²) in [7, 11) is 0. The van der Waals surface area contributed by atoms with Crippen molar-refractivity contribution in [1.82, 2.24) is 0 Å². The van der Waals surface area contributed by atoms with Gasteiger partial charge in [0.25, 0.3) is 0 Å². The van der Waals surface area contributed by atoms with Crippen molar-refractivity contribution in [3.8, 4) is 0 Å². The Morgan fingerprint density at radius 2 is 1.93 bits per heavy atom. The molecule has 0 saturated heterocycles. The van der Waals surface area contributed by atoms with Crippen LogP contribution >= 0.6 is 12.6 Å². The molecule has 1 aliphatic heterocycles. The number of nitrogens with one attached hydrogen (secondary N) is 1. The van der Waals surface area contributed by atoms with Gasteiger partial charge in [-0.1, -0.05) is 61.2 Å². The maximum atomic E-state index is 4.57. The molecular formula is C26H30N2S. The van der Waals surface area contributed by atoms with E-state index in [-0.39, 0.29) is 6.04 Å². The Hall–Kier alpha value is -2.65. The molecule has 0 aromatic heterocycles. The molecule has 2 atom stereocenters. The predicted molar refractivity (Wildman–Crippen MR) is 132 cm³/mol. The lowest BCUT2D eigenvalue weighted by Gasteiger charge is -2.41. The van der Waals surface area contributed by atoms with Gasteiger partial charge in [-0.05, 0) is 68.2 Å². The van der Waals surface area contributed by atoms with Crippen LogP contribution in [0, 0.1) is 6.92 Å². The Bertz CT molecular complexity index is 953. The van der Waals surface area contributed by atoms with Crippen LogP contribution in [-0.2, 0) is 0 Å². The highest BCUT2D eigenvalue weighted by molar-refractivity contribution is 7.84. The van der Waals surface area contributed by atoms with E-state index in [4.69, 9.17) is 0 Å². The Labute approximate surface area is 180 Å². The van der Waals surface area contributed by atoms with Crippen molar-refractivity contribution in [2.45, 2.75) is 39.3 Å². The summed E-state index contributed by atoms with van der Waals surface area (Å²) in [5, 5.41) is 4.51. The molecule has 0 fully saturated rings. The fourth-order valence-corrected chi connectivity index (χ4v) is 4.21. The van der Waals surface area contributed by atoms with Gasteiger partial charge in [0.05, 0.1) is 11.1 Å². The molecule has 0 radical (unpaired) electrons. The van der Waals surface area contributed by atoms with Gasteiger partial charge in [-0.15, -0.1) is 12.6 Å². The second kappa shape index (κ2) is 9.23. The van der Waals surface area contributed by atoms with Crippen LogP contribution in [0.2, 0.25) is 0 Å². The molecule has 0 saturated carbocycles. The third kappa shape index (κ3) is 4.68. The molecule has 0 bridgehead atoms. The van der Waals surface area contributed by atoms with E-state index in [1.54, 1.807) is 0 Å². The zero-order chi connectivity index (χ0) is 21.0. The van der Waals surface area contributed by atoms with Crippen molar-refractivity contribution in [3.63, 3.8) is 0 Å². The minimum absolute atomic E-state index is 0.208. The average molecular weight is 403 g/mol. The van der Waals surface area contributed by atoms with E-state index in [2.05, 4.69) is 98.4 Å². The van der Waals surface area contributed by atoms with E-state index in [0.29, 0.717) is 6.04 Å². The summed E-state index contributed by atoms with van der Waals surface area (Å²) in [6.07, 6.45) is 9.04. The monoisotopic (exact) mass is 402 g/mol. The summed E-state index contributed by atoms with van der Waals surface area (Å²) in [6, 6.07) is 15.7. The van der Waals surface area contributed by atoms with Gasteiger partial charge in [0, 0.05) is 17.4 Å². The summed E-state index contributed by atoms with van der Waals surface area (Å²) >= 11 is 4.57. The summed E-state index contributed by atoms with van der Waals surface area (Å²) in [5.74, 6) is 0. The molecule has 2 unspecified atom stereocenters. The molecule has 1 aliphatic rings. The van der Waals surface area contributed by atoms with Crippen molar-refractivity contribution in [2.75, 3.05) is 10.2 Å². The maximum Gasteiger partial charge on any atom is 0.0650 e. The average Bonchev–Trinajstić information content (AvgIpc) is 2.70. The largest absolute Gasteiger partial charge is 0.378 e. The molecule has 2 aromatic rings. The van der Waals surface area contributed by atoms with Crippen LogP contribution in [0.15, 0.2) is 85.0 Å². The molecule has 1 N–H and O–H groups in total. The fourth-order valence-electron chi connectivity index (χ4n) is 3.91. The van der Waals surface area contributed by atoms with Crippen LogP contribution in [0.1, 0.15) is 43.0 Å². The quantitative estimate of drug-likeness (QED) is 0.389. The minimum Gasteiger partial charge on any atom is -0.378 e. The van der Waals surface area contributed by atoms with Crippen molar-refractivity contribution >= 4 is 29.6 Å². The normalized spacial score (nSPS) is 19.2. The van der Waals surface area contributed by atoms with Crippen LogP contribution < -0.4 is 10.2 Å². The first kappa shape index (κ1) is 21.1. The number of fused-ring (bicyclic) bond motifs is 1. The summed E-state index contributed by atoms with van der Waals surface area (Å²) in [6.45, 7) is 14.4. The number of rotatable bonds is 6. The first-order chi connectivity index (χ1) is 13.9. The van der Waals surface area contributed by atoms with Gasteiger partial charge in [-0.2, -0.15) is 0 Å². The van der Waals surface area contributed by atoms with Crippen LogP contribution in [0.5, 0.6) is 0 Å². The van der Waals surface area contributed by atoms with Crippen molar-refractivity contribution in [2.24, 2.45) is 0 Å². The number of thiol groups is 1.